The SMILES string of the molecule is O=C(Cc1ccccc1F)Cc1cccc(F)c1Br. The van der Waals surface area contributed by atoms with Crippen molar-refractivity contribution in [2.75, 3.05) is 0 Å². The number of carbonyl (C=O) groups is 1. The van der Waals surface area contributed by atoms with Crippen molar-refractivity contribution in [1.82, 2.24) is 0 Å². The van der Waals surface area contributed by atoms with Gasteiger partial charge in [-0.15, -0.1) is 0 Å². The molecule has 19 heavy (non-hydrogen) atoms. The molecule has 0 amide bonds. The zero-order chi connectivity index (χ0) is 13.8. The normalized spacial score (nSPS) is 10.5. The summed E-state index contributed by atoms with van der Waals surface area (Å²) >= 11 is 3.11. The maximum absolute atomic E-state index is 13.4. The van der Waals surface area contributed by atoms with Gasteiger partial charge in [0, 0.05) is 12.8 Å². The Morgan fingerprint density at radius 3 is 2.21 bits per heavy atom. The number of benzene rings is 2. The average molecular weight is 325 g/mol. The molecule has 0 atom stereocenters. The van der Waals surface area contributed by atoms with Crippen LogP contribution in [0.5, 0.6) is 0 Å². The number of halogens is 3. The lowest BCUT2D eigenvalue weighted by molar-refractivity contribution is -0.117. The molecule has 2 aromatic rings. The molecule has 0 aromatic heterocycles. The van der Waals surface area contributed by atoms with E-state index in [2.05, 4.69) is 15.9 Å². The second-order valence-corrected chi connectivity index (χ2v) is 4.99. The molecule has 0 aliphatic carbocycles. The quantitative estimate of drug-likeness (QED) is 0.828. The van der Waals surface area contributed by atoms with Gasteiger partial charge in [0.1, 0.15) is 17.4 Å². The molecule has 0 radical (unpaired) electrons. The molecule has 0 aliphatic rings. The summed E-state index contributed by atoms with van der Waals surface area (Å²) in [4.78, 5) is 11.9. The highest BCUT2D eigenvalue weighted by atomic mass is 79.9. The van der Waals surface area contributed by atoms with E-state index >= 15 is 0 Å². The van der Waals surface area contributed by atoms with E-state index < -0.39 is 11.6 Å². The van der Waals surface area contributed by atoms with Crippen molar-refractivity contribution >= 4 is 21.7 Å². The molecule has 1 nitrogen and oxygen atoms in total. The van der Waals surface area contributed by atoms with Gasteiger partial charge in [-0.3, -0.25) is 4.79 Å². The Kier molecular flexibility index (Phi) is 4.43. The molecule has 4 heteroatoms. The molecule has 2 rings (SSSR count). The Bertz CT molecular complexity index is 611. The molecule has 0 saturated heterocycles. The Morgan fingerprint density at radius 1 is 0.895 bits per heavy atom. The first-order chi connectivity index (χ1) is 9.08. The number of hydrogen-bond donors (Lipinski definition) is 0. The molecule has 0 N–H and O–H groups in total. The Balaban J connectivity index is 2.10. The van der Waals surface area contributed by atoms with Gasteiger partial charge in [-0.05, 0) is 39.2 Å². The van der Waals surface area contributed by atoms with Crippen molar-refractivity contribution in [2.24, 2.45) is 0 Å². The standard InChI is InChI=1S/C15H11BrF2O/c16-15-11(5-3-7-14(15)18)9-12(19)8-10-4-1-2-6-13(10)17/h1-7H,8-9H2. The lowest BCUT2D eigenvalue weighted by Gasteiger charge is -2.05. The van der Waals surface area contributed by atoms with Crippen LogP contribution in [0, 0.1) is 11.6 Å². The summed E-state index contributed by atoms with van der Waals surface area (Å²) in [6, 6.07) is 10.7. The van der Waals surface area contributed by atoms with E-state index in [1.165, 1.54) is 12.1 Å². The third-order valence-electron chi connectivity index (χ3n) is 2.76. The van der Waals surface area contributed by atoms with E-state index in [9.17, 15) is 13.6 Å². The summed E-state index contributed by atoms with van der Waals surface area (Å²) in [6.45, 7) is 0. The molecule has 0 saturated carbocycles. The lowest BCUT2D eigenvalue weighted by atomic mass is 10.0. The van der Waals surface area contributed by atoms with E-state index in [0.29, 0.717) is 11.1 Å². The van der Waals surface area contributed by atoms with Gasteiger partial charge >= 0.3 is 0 Å². The fraction of sp³-hybridized carbons (Fsp3) is 0.133. The summed E-state index contributed by atoms with van der Waals surface area (Å²) in [5.74, 6) is -0.957. The largest absolute Gasteiger partial charge is 0.299 e. The van der Waals surface area contributed by atoms with Crippen LogP contribution in [0.4, 0.5) is 8.78 Å². The summed E-state index contributed by atoms with van der Waals surface area (Å²) < 4.78 is 27.0. The van der Waals surface area contributed by atoms with Crippen molar-refractivity contribution in [3.8, 4) is 0 Å². The van der Waals surface area contributed by atoms with Crippen molar-refractivity contribution in [1.29, 1.82) is 0 Å². The van der Waals surface area contributed by atoms with Crippen molar-refractivity contribution in [2.45, 2.75) is 12.8 Å². The van der Waals surface area contributed by atoms with Crippen LogP contribution in [-0.2, 0) is 17.6 Å². The van der Waals surface area contributed by atoms with Crippen LogP contribution in [-0.4, -0.2) is 5.78 Å². The van der Waals surface area contributed by atoms with Crippen LogP contribution in [0.25, 0.3) is 0 Å². The van der Waals surface area contributed by atoms with E-state index in [1.54, 1.807) is 30.3 Å². The molecule has 0 fully saturated rings. The molecule has 0 heterocycles. The lowest BCUT2D eigenvalue weighted by Crippen LogP contribution is -2.08. The van der Waals surface area contributed by atoms with Crippen molar-refractivity contribution < 1.29 is 13.6 Å². The van der Waals surface area contributed by atoms with Gasteiger partial charge < -0.3 is 0 Å². The van der Waals surface area contributed by atoms with Gasteiger partial charge in [0.05, 0.1) is 4.47 Å². The molecular weight excluding hydrogens is 314 g/mol. The maximum atomic E-state index is 13.4. The molecule has 0 spiro atoms. The van der Waals surface area contributed by atoms with E-state index in [-0.39, 0.29) is 23.1 Å². The average Bonchev–Trinajstić information content (AvgIpc) is 2.38. The highest BCUT2D eigenvalue weighted by Crippen LogP contribution is 2.21. The predicted octanol–water partition coefficient (Wildman–Crippen LogP) is 4.08. The van der Waals surface area contributed by atoms with Crippen LogP contribution in [0.2, 0.25) is 0 Å². The second kappa shape index (κ2) is 6.06. The summed E-state index contributed by atoms with van der Waals surface area (Å²) in [5, 5.41) is 0. The number of hydrogen-bond acceptors (Lipinski definition) is 1. The zero-order valence-corrected chi connectivity index (χ0v) is 11.6. The number of ketones is 1. The summed E-state index contributed by atoms with van der Waals surface area (Å²) in [7, 11) is 0. The summed E-state index contributed by atoms with van der Waals surface area (Å²) in [6.07, 6.45) is 0.0856. The van der Waals surface area contributed by atoms with Gasteiger partial charge in [-0.2, -0.15) is 0 Å². The van der Waals surface area contributed by atoms with Crippen LogP contribution < -0.4 is 0 Å². The topological polar surface area (TPSA) is 17.1 Å². The molecule has 0 unspecified atom stereocenters. The van der Waals surface area contributed by atoms with Gasteiger partial charge in [0.25, 0.3) is 0 Å². The first-order valence-electron chi connectivity index (χ1n) is 5.76. The van der Waals surface area contributed by atoms with Crippen LogP contribution in [0.1, 0.15) is 11.1 Å². The first kappa shape index (κ1) is 13.9. The minimum absolute atomic E-state index is 0.00955. The van der Waals surface area contributed by atoms with Gasteiger partial charge in [-0.25, -0.2) is 8.78 Å². The highest BCUT2D eigenvalue weighted by Gasteiger charge is 2.12. The van der Waals surface area contributed by atoms with E-state index in [4.69, 9.17) is 0 Å². The van der Waals surface area contributed by atoms with Gasteiger partial charge in [0.15, 0.2) is 0 Å². The zero-order valence-electron chi connectivity index (χ0n) is 10.00. The van der Waals surface area contributed by atoms with Crippen molar-refractivity contribution in [3.63, 3.8) is 0 Å². The third-order valence-corrected chi connectivity index (χ3v) is 3.65. The van der Waals surface area contributed by atoms with Gasteiger partial charge in [0.2, 0.25) is 0 Å². The Morgan fingerprint density at radius 2 is 1.47 bits per heavy atom. The van der Waals surface area contributed by atoms with E-state index in [0.717, 1.165) is 0 Å². The summed E-state index contributed by atoms with van der Waals surface area (Å²) in [5.41, 5.74) is 0.932. The number of Topliss-reactive ketones (excluding diaryl/α,β-unsaturated/α-hetero) is 1. The van der Waals surface area contributed by atoms with Gasteiger partial charge in [-0.1, -0.05) is 30.3 Å². The predicted molar refractivity (Wildman–Crippen MR) is 72.9 cm³/mol. The minimum Gasteiger partial charge on any atom is -0.299 e. The highest BCUT2D eigenvalue weighted by molar-refractivity contribution is 9.10. The fourth-order valence-corrected chi connectivity index (χ4v) is 2.22. The van der Waals surface area contributed by atoms with Crippen molar-refractivity contribution in [3.05, 3.63) is 69.7 Å². The third kappa shape index (κ3) is 3.47. The smallest absolute Gasteiger partial charge is 0.141 e. The number of rotatable bonds is 4. The fourth-order valence-electron chi connectivity index (χ4n) is 1.81. The molecular formula is C15H11BrF2O. The van der Waals surface area contributed by atoms with E-state index in [1.807, 2.05) is 0 Å². The molecule has 0 bridgehead atoms. The number of carbonyl (C=O) groups excluding carboxylic acids is 1. The maximum Gasteiger partial charge on any atom is 0.141 e. The Hall–Kier alpha value is -1.55. The van der Waals surface area contributed by atoms with Crippen LogP contribution >= 0.6 is 15.9 Å². The molecule has 98 valence electrons. The first-order valence-corrected chi connectivity index (χ1v) is 6.55. The molecule has 0 aliphatic heterocycles. The second-order valence-electron chi connectivity index (χ2n) is 4.20. The minimum atomic E-state index is -0.406. The van der Waals surface area contributed by atoms with Crippen LogP contribution in [0.3, 0.4) is 0 Å². The monoisotopic (exact) mass is 324 g/mol. The Labute approximate surface area is 118 Å². The van der Waals surface area contributed by atoms with Crippen LogP contribution in [0.15, 0.2) is 46.9 Å². The molecule has 2 aromatic carbocycles.